The van der Waals surface area contributed by atoms with E-state index in [1.807, 2.05) is 42.2 Å². The quantitative estimate of drug-likeness (QED) is 0.488. The molecule has 0 spiro atoms. The molecule has 0 bridgehead atoms. The number of hydrogen-bond acceptors (Lipinski definition) is 5. The molecule has 0 saturated carbocycles. The van der Waals surface area contributed by atoms with Crippen LogP contribution in [0, 0.1) is 13.8 Å². The number of aromatic nitrogens is 1. The summed E-state index contributed by atoms with van der Waals surface area (Å²) in [5.74, 6) is 0.0122. The van der Waals surface area contributed by atoms with Crippen molar-refractivity contribution in [3.63, 3.8) is 0 Å². The molecule has 2 heterocycles. The Bertz CT molecular complexity index is 1050. The molecule has 2 aromatic carbocycles. The van der Waals surface area contributed by atoms with E-state index in [4.69, 9.17) is 9.72 Å². The number of amides is 1. The molecule has 0 unspecified atom stereocenters. The highest BCUT2D eigenvalue weighted by atomic mass is 79.9. The molecule has 7 heteroatoms. The molecule has 1 fully saturated rings. The molecule has 158 valence electrons. The van der Waals surface area contributed by atoms with Crippen LogP contribution in [-0.4, -0.2) is 55.2 Å². The van der Waals surface area contributed by atoms with Gasteiger partial charge >= 0.3 is 0 Å². The van der Waals surface area contributed by atoms with Crippen LogP contribution in [0.25, 0.3) is 10.2 Å². The summed E-state index contributed by atoms with van der Waals surface area (Å²) >= 11 is 5.09. The second kappa shape index (κ2) is 9.56. The molecule has 30 heavy (non-hydrogen) atoms. The summed E-state index contributed by atoms with van der Waals surface area (Å²) in [6.07, 6.45) is 0.899. The Hall–Kier alpha value is -1.80. The van der Waals surface area contributed by atoms with Gasteiger partial charge < -0.3 is 4.74 Å². The van der Waals surface area contributed by atoms with Gasteiger partial charge in [0.25, 0.3) is 5.91 Å². The van der Waals surface area contributed by atoms with Gasteiger partial charge in [-0.05, 0) is 61.7 Å². The van der Waals surface area contributed by atoms with E-state index >= 15 is 0 Å². The summed E-state index contributed by atoms with van der Waals surface area (Å²) < 4.78 is 7.53. The minimum atomic E-state index is 0.0122. The lowest BCUT2D eigenvalue weighted by molar-refractivity contribution is 0.0376. The first-order chi connectivity index (χ1) is 14.5. The number of ether oxygens (including phenoxy) is 1. The van der Waals surface area contributed by atoms with Crippen molar-refractivity contribution in [2.45, 2.75) is 20.3 Å². The van der Waals surface area contributed by atoms with E-state index < -0.39 is 0 Å². The number of benzene rings is 2. The number of aryl methyl sites for hydroxylation is 2. The lowest BCUT2D eigenvalue weighted by Crippen LogP contribution is -2.39. The Balaban J connectivity index is 1.58. The number of morpholine rings is 1. The number of halogens is 1. The Morgan fingerprint density at radius 1 is 1.17 bits per heavy atom. The third-order valence-corrected chi connectivity index (χ3v) is 7.06. The molecule has 3 aromatic rings. The van der Waals surface area contributed by atoms with Gasteiger partial charge in [0.05, 0.1) is 23.4 Å². The van der Waals surface area contributed by atoms with E-state index in [1.165, 1.54) is 5.56 Å². The maximum absolute atomic E-state index is 13.5. The minimum absolute atomic E-state index is 0.0122. The molecule has 5 nitrogen and oxygen atoms in total. The van der Waals surface area contributed by atoms with Crippen molar-refractivity contribution in [2.24, 2.45) is 0 Å². The van der Waals surface area contributed by atoms with Gasteiger partial charge in [0.2, 0.25) is 0 Å². The van der Waals surface area contributed by atoms with Crippen molar-refractivity contribution in [1.82, 2.24) is 9.88 Å². The molecular weight excluding hydrogens is 462 g/mol. The van der Waals surface area contributed by atoms with Crippen LogP contribution in [0.2, 0.25) is 0 Å². The second-order valence-corrected chi connectivity index (χ2v) is 9.60. The smallest absolute Gasteiger partial charge is 0.260 e. The molecule has 0 aliphatic carbocycles. The van der Waals surface area contributed by atoms with Crippen molar-refractivity contribution in [1.29, 1.82) is 0 Å². The number of fused-ring (bicyclic) bond motifs is 1. The lowest BCUT2D eigenvalue weighted by atomic mass is 10.1. The van der Waals surface area contributed by atoms with E-state index in [0.29, 0.717) is 12.1 Å². The van der Waals surface area contributed by atoms with E-state index in [9.17, 15) is 4.79 Å². The van der Waals surface area contributed by atoms with Gasteiger partial charge in [-0.3, -0.25) is 14.6 Å². The predicted octanol–water partition coefficient (Wildman–Crippen LogP) is 5.04. The zero-order valence-electron chi connectivity index (χ0n) is 17.4. The van der Waals surface area contributed by atoms with Gasteiger partial charge in [-0.2, -0.15) is 0 Å². The molecule has 0 N–H and O–H groups in total. The third-order valence-electron chi connectivity index (χ3n) is 5.53. The van der Waals surface area contributed by atoms with Gasteiger partial charge in [-0.25, -0.2) is 4.98 Å². The molecule has 1 saturated heterocycles. The van der Waals surface area contributed by atoms with Crippen LogP contribution in [-0.2, 0) is 4.74 Å². The highest BCUT2D eigenvalue weighted by molar-refractivity contribution is 9.10. The fraction of sp³-hybridized carbons (Fsp3) is 0.391. The lowest BCUT2D eigenvalue weighted by Gasteiger charge is -2.27. The predicted molar refractivity (Wildman–Crippen MR) is 127 cm³/mol. The minimum Gasteiger partial charge on any atom is -0.379 e. The van der Waals surface area contributed by atoms with Gasteiger partial charge in [0, 0.05) is 36.2 Å². The largest absolute Gasteiger partial charge is 0.379 e. The van der Waals surface area contributed by atoms with E-state index in [1.54, 1.807) is 11.3 Å². The molecule has 4 rings (SSSR count). The number of anilines is 1. The fourth-order valence-electron chi connectivity index (χ4n) is 3.59. The molecule has 1 aliphatic heterocycles. The highest BCUT2D eigenvalue weighted by Crippen LogP contribution is 2.32. The first kappa shape index (κ1) is 21.4. The van der Waals surface area contributed by atoms with Crippen molar-refractivity contribution in [2.75, 3.05) is 44.3 Å². The van der Waals surface area contributed by atoms with E-state index in [2.05, 4.69) is 33.8 Å². The third kappa shape index (κ3) is 4.91. The first-order valence-electron chi connectivity index (χ1n) is 10.3. The molecule has 1 aromatic heterocycles. The van der Waals surface area contributed by atoms with Crippen molar-refractivity contribution < 1.29 is 9.53 Å². The summed E-state index contributed by atoms with van der Waals surface area (Å²) in [6, 6.07) is 12.0. The zero-order chi connectivity index (χ0) is 21.1. The molecule has 0 atom stereocenters. The average molecular weight is 488 g/mol. The van der Waals surface area contributed by atoms with Crippen molar-refractivity contribution in [3.8, 4) is 0 Å². The van der Waals surface area contributed by atoms with Crippen LogP contribution in [0.3, 0.4) is 0 Å². The Morgan fingerprint density at radius 2 is 1.97 bits per heavy atom. The van der Waals surface area contributed by atoms with Crippen LogP contribution >= 0.6 is 27.3 Å². The summed E-state index contributed by atoms with van der Waals surface area (Å²) in [6.45, 7) is 9.20. The van der Waals surface area contributed by atoms with Crippen molar-refractivity contribution in [3.05, 3.63) is 57.6 Å². The van der Waals surface area contributed by atoms with Crippen LogP contribution in [0.1, 0.15) is 27.9 Å². The van der Waals surface area contributed by atoms with Crippen LogP contribution in [0.15, 0.2) is 40.9 Å². The van der Waals surface area contributed by atoms with Gasteiger partial charge in [-0.15, -0.1) is 0 Å². The molecule has 1 aliphatic rings. The molecule has 0 radical (unpaired) electrons. The first-order valence-corrected chi connectivity index (χ1v) is 11.9. The van der Waals surface area contributed by atoms with Crippen LogP contribution in [0.5, 0.6) is 0 Å². The number of rotatable bonds is 6. The standard InChI is InChI=1S/C23H26BrN3O2S/c1-16-4-5-18(14-17(16)2)22(28)27(9-3-8-26-10-12-29-13-11-26)23-25-20-7-6-19(24)15-21(20)30-23/h4-7,14-15H,3,8-13H2,1-2H3. The number of hydrogen-bond donors (Lipinski definition) is 0. The zero-order valence-corrected chi connectivity index (χ0v) is 19.8. The van der Waals surface area contributed by atoms with Crippen molar-refractivity contribution >= 4 is 48.5 Å². The van der Waals surface area contributed by atoms with Crippen LogP contribution < -0.4 is 4.90 Å². The maximum Gasteiger partial charge on any atom is 0.260 e. The monoisotopic (exact) mass is 487 g/mol. The second-order valence-electron chi connectivity index (χ2n) is 7.67. The molecular formula is C23H26BrN3O2S. The van der Waals surface area contributed by atoms with Gasteiger partial charge in [0.1, 0.15) is 0 Å². The SMILES string of the molecule is Cc1ccc(C(=O)N(CCCN2CCOCC2)c2nc3ccc(Br)cc3s2)cc1C. The number of carbonyl (C=O) groups is 1. The Labute approximate surface area is 189 Å². The molecule has 1 amide bonds. The normalized spacial score (nSPS) is 14.9. The highest BCUT2D eigenvalue weighted by Gasteiger charge is 2.22. The maximum atomic E-state index is 13.5. The van der Waals surface area contributed by atoms with E-state index in [0.717, 1.165) is 64.7 Å². The van der Waals surface area contributed by atoms with Gasteiger partial charge in [0.15, 0.2) is 5.13 Å². The topological polar surface area (TPSA) is 45.7 Å². The Kier molecular flexibility index (Phi) is 6.83. The average Bonchev–Trinajstić information content (AvgIpc) is 3.16. The number of carbonyl (C=O) groups excluding carboxylic acids is 1. The summed E-state index contributed by atoms with van der Waals surface area (Å²) in [5, 5.41) is 0.758. The number of nitrogens with zero attached hydrogens (tertiary/aromatic N) is 3. The summed E-state index contributed by atoms with van der Waals surface area (Å²) in [5.41, 5.74) is 3.95. The van der Waals surface area contributed by atoms with Gasteiger partial charge in [-0.1, -0.05) is 33.3 Å². The fourth-order valence-corrected chi connectivity index (χ4v) is 5.14. The van der Waals surface area contributed by atoms with Crippen LogP contribution in [0.4, 0.5) is 5.13 Å². The Morgan fingerprint density at radius 3 is 2.73 bits per heavy atom. The van der Waals surface area contributed by atoms with E-state index in [-0.39, 0.29) is 5.91 Å². The summed E-state index contributed by atoms with van der Waals surface area (Å²) in [4.78, 5) is 22.5. The number of thiazole rings is 1. The summed E-state index contributed by atoms with van der Waals surface area (Å²) in [7, 11) is 0.